The van der Waals surface area contributed by atoms with E-state index in [9.17, 15) is 14.7 Å². The van der Waals surface area contributed by atoms with E-state index in [1.807, 2.05) is 38.7 Å². The van der Waals surface area contributed by atoms with Gasteiger partial charge in [-0.15, -0.1) is 16.4 Å². The maximum atomic E-state index is 14.1. The van der Waals surface area contributed by atoms with Gasteiger partial charge >= 0.3 is 5.97 Å². The SMILES string of the molecule is Cc1nc(SC2CCC(N(C(=O)C3CCC(C)CC3)c3cc(C#CC(C)(C)C)sc3C(=O)O)CC2)n[nH]1. The Hall–Kier alpha value is -2.31. The average Bonchev–Trinajstić information content (AvgIpc) is 3.45. The highest BCUT2D eigenvalue weighted by molar-refractivity contribution is 7.99. The quantitative estimate of drug-likeness (QED) is 0.403. The van der Waals surface area contributed by atoms with E-state index in [4.69, 9.17) is 0 Å². The number of hydrogen-bond acceptors (Lipinski definition) is 6. The molecule has 0 saturated heterocycles. The van der Waals surface area contributed by atoms with E-state index in [-0.39, 0.29) is 28.2 Å². The van der Waals surface area contributed by atoms with Gasteiger partial charge in [0.25, 0.3) is 0 Å². The number of aromatic amines is 1. The molecule has 7 nitrogen and oxygen atoms in total. The highest BCUT2D eigenvalue weighted by atomic mass is 32.2. The van der Waals surface area contributed by atoms with Crippen LogP contribution in [0.4, 0.5) is 5.69 Å². The van der Waals surface area contributed by atoms with Gasteiger partial charge < -0.3 is 10.0 Å². The van der Waals surface area contributed by atoms with Crippen LogP contribution in [0.15, 0.2) is 11.2 Å². The van der Waals surface area contributed by atoms with E-state index < -0.39 is 5.97 Å². The third kappa shape index (κ3) is 7.17. The molecule has 0 aliphatic heterocycles. The summed E-state index contributed by atoms with van der Waals surface area (Å²) in [5, 5.41) is 18.4. The second-order valence-corrected chi connectivity index (χ2v) is 13.9. The first kappa shape index (κ1) is 27.7. The van der Waals surface area contributed by atoms with E-state index in [0.717, 1.165) is 62.3 Å². The zero-order chi connectivity index (χ0) is 26.7. The highest BCUT2D eigenvalue weighted by Gasteiger charge is 2.37. The van der Waals surface area contributed by atoms with Gasteiger partial charge in [-0.3, -0.25) is 9.89 Å². The number of thioether (sulfide) groups is 1. The summed E-state index contributed by atoms with van der Waals surface area (Å²) in [6.45, 7) is 10.2. The van der Waals surface area contributed by atoms with Crippen LogP contribution in [0.25, 0.3) is 0 Å². The number of hydrogen-bond donors (Lipinski definition) is 2. The van der Waals surface area contributed by atoms with E-state index in [2.05, 4.69) is 33.9 Å². The number of nitrogens with zero attached hydrogens (tertiary/aromatic N) is 3. The molecule has 2 N–H and O–H groups in total. The fourth-order valence-electron chi connectivity index (χ4n) is 5.17. The smallest absolute Gasteiger partial charge is 0.348 e. The standard InChI is InChI=1S/C28H38N4O3S2/c1-17-6-8-19(9-7-17)25(33)32(20-10-12-21(13-11-20)37-27-29-18(2)30-31-27)23-16-22(14-15-28(3,4)5)36-24(23)26(34)35/h16-17,19-21H,6-13H2,1-5H3,(H,34,35)(H,29,30,31). The summed E-state index contributed by atoms with van der Waals surface area (Å²) in [4.78, 5) is 33.6. The number of aromatic nitrogens is 3. The first-order valence-electron chi connectivity index (χ1n) is 13.3. The maximum absolute atomic E-state index is 14.1. The van der Waals surface area contributed by atoms with Gasteiger partial charge in [0.05, 0.1) is 10.6 Å². The Morgan fingerprint density at radius 1 is 1.14 bits per heavy atom. The van der Waals surface area contributed by atoms with Crippen LogP contribution in [0, 0.1) is 36.0 Å². The summed E-state index contributed by atoms with van der Waals surface area (Å²) in [6, 6.07) is 1.82. The average molecular weight is 543 g/mol. The first-order valence-corrected chi connectivity index (χ1v) is 15.0. The molecular formula is C28H38N4O3S2. The molecule has 2 saturated carbocycles. The second kappa shape index (κ2) is 11.6. The van der Waals surface area contributed by atoms with Crippen molar-refractivity contribution < 1.29 is 14.7 Å². The minimum Gasteiger partial charge on any atom is -0.477 e. The number of aryl methyl sites for hydroxylation is 1. The Morgan fingerprint density at radius 3 is 2.38 bits per heavy atom. The number of carbonyl (C=O) groups is 2. The number of aromatic carboxylic acids is 1. The molecule has 9 heteroatoms. The molecule has 0 radical (unpaired) electrons. The van der Waals surface area contributed by atoms with Gasteiger partial charge in [-0.05, 0) is 91.0 Å². The summed E-state index contributed by atoms with van der Waals surface area (Å²) in [6.07, 6.45) is 7.34. The Labute approximate surface area is 228 Å². The molecule has 0 aromatic carbocycles. The molecule has 0 spiro atoms. The maximum Gasteiger partial charge on any atom is 0.348 e. The number of H-pyrrole nitrogens is 1. The largest absolute Gasteiger partial charge is 0.477 e. The molecule has 2 heterocycles. The lowest BCUT2D eigenvalue weighted by molar-refractivity contribution is -0.124. The summed E-state index contributed by atoms with van der Waals surface area (Å²) < 4.78 is 0. The van der Waals surface area contributed by atoms with Crippen LogP contribution < -0.4 is 4.90 Å². The van der Waals surface area contributed by atoms with Crippen molar-refractivity contribution in [1.82, 2.24) is 15.2 Å². The van der Waals surface area contributed by atoms with Crippen molar-refractivity contribution in [3.05, 3.63) is 21.6 Å². The minimum absolute atomic E-state index is 0.0197. The third-order valence-corrected chi connectivity index (χ3v) is 9.41. The molecule has 1 amide bonds. The Balaban J connectivity index is 1.61. The molecule has 0 atom stereocenters. The van der Waals surface area contributed by atoms with Crippen molar-refractivity contribution >= 4 is 40.7 Å². The predicted molar refractivity (Wildman–Crippen MR) is 149 cm³/mol. The van der Waals surface area contributed by atoms with Crippen LogP contribution >= 0.6 is 23.1 Å². The lowest BCUT2D eigenvalue weighted by atomic mass is 9.81. The van der Waals surface area contributed by atoms with Gasteiger partial charge in [0.1, 0.15) is 10.7 Å². The van der Waals surface area contributed by atoms with Gasteiger partial charge in [0, 0.05) is 22.6 Å². The summed E-state index contributed by atoms with van der Waals surface area (Å²) in [5.74, 6) is 6.86. The van der Waals surface area contributed by atoms with Crippen LogP contribution in [0.1, 0.15) is 99.4 Å². The number of carboxylic acid groups (broad SMARTS) is 1. The van der Waals surface area contributed by atoms with Gasteiger partial charge in [0.15, 0.2) is 0 Å². The first-order chi connectivity index (χ1) is 17.5. The Bertz CT molecular complexity index is 1170. The Kier molecular flexibility index (Phi) is 8.70. The molecule has 2 aromatic heterocycles. The number of thiophene rings is 1. The molecule has 2 aliphatic rings. The van der Waals surface area contributed by atoms with E-state index >= 15 is 0 Å². The van der Waals surface area contributed by atoms with E-state index in [1.165, 1.54) is 11.3 Å². The van der Waals surface area contributed by atoms with Crippen LogP contribution in [0.3, 0.4) is 0 Å². The molecule has 2 aliphatic carbocycles. The van der Waals surface area contributed by atoms with Crippen LogP contribution in [-0.2, 0) is 4.79 Å². The predicted octanol–water partition coefficient (Wildman–Crippen LogP) is 6.53. The van der Waals surface area contributed by atoms with Gasteiger partial charge in [-0.25, -0.2) is 9.78 Å². The van der Waals surface area contributed by atoms with Crippen molar-refractivity contribution in [2.24, 2.45) is 17.3 Å². The normalized spacial score (nSPS) is 24.2. The molecule has 2 fully saturated rings. The molecule has 2 aromatic rings. The zero-order valence-corrected chi connectivity index (χ0v) is 24.1. The van der Waals surface area contributed by atoms with Crippen molar-refractivity contribution in [2.75, 3.05) is 4.90 Å². The fourth-order valence-corrected chi connectivity index (χ4v) is 7.10. The second-order valence-electron chi connectivity index (χ2n) is 11.5. The number of anilines is 1. The van der Waals surface area contributed by atoms with Gasteiger partial charge in [0.2, 0.25) is 11.1 Å². The van der Waals surface area contributed by atoms with Gasteiger partial charge in [-0.2, -0.15) is 0 Å². The third-order valence-electron chi connectivity index (χ3n) is 7.19. The van der Waals surface area contributed by atoms with E-state index in [0.29, 0.717) is 21.7 Å². The Morgan fingerprint density at radius 2 is 1.81 bits per heavy atom. The fraction of sp³-hybridized carbons (Fsp3) is 0.643. The van der Waals surface area contributed by atoms with Crippen LogP contribution in [0.5, 0.6) is 0 Å². The minimum atomic E-state index is -0.997. The molecular weight excluding hydrogens is 504 g/mol. The number of nitrogens with one attached hydrogen (secondary N) is 1. The summed E-state index contributed by atoms with van der Waals surface area (Å²) in [7, 11) is 0. The number of rotatable bonds is 6. The molecule has 37 heavy (non-hydrogen) atoms. The van der Waals surface area contributed by atoms with Gasteiger partial charge in [-0.1, -0.05) is 30.5 Å². The molecule has 4 rings (SSSR count). The zero-order valence-electron chi connectivity index (χ0n) is 22.5. The lowest BCUT2D eigenvalue weighted by Gasteiger charge is -2.39. The number of carbonyl (C=O) groups excluding carboxylic acids is 1. The number of amides is 1. The van der Waals surface area contributed by atoms with Crippen molar-refractivity contribution in [1.29, 1.82) is 0 Å². The van der Waals surface area contributed by atoms with Crippen molar-refractivity contribution in [2.45, 2.75) is 102 Å². The van der Waals surface area contributed by atoms with Crippen molar-refractivity contribution in [3.63, 3.8) is 0 Å². The monoisotopic (exact) mass is 542 g/mol. The molecule has 0 bridgehead atoms. The summed E-state index contributed by atoms with van der Waals surface area (Å²) in [5.41, 5.74) is 0.333. The number of carboxylic acids is 1. The van der Waals surface area contributed by atoms with Crippen LogP contribution in [-0.4, -0.2) is 43.5 Å². The topological polar surface area (TPSA) is 99.2 Å². The van der Waals surface area contributed by atoms with Crippen molar-refractivity contribution in [3.8, 4) is 11.8 Å². The highest BCUT2D eigenvalue weighted by Crippen LogP contribution is 2.40. The molecule has 200 valence electrons. The lowest BCUT2D eigenvalue weighted by Crippen LogP contribution is -2.46. The molecule has 0 unspecified atom stereocenters. The van der Waals surface area contributed by atoms with Crippen LogP contribution in [0.2, 0.25) is 0 Å². The summed E-state index contributed by atoms with van der Waals surface area (Å²) >= 11 is 2.86. The van der Waals surface area contributed by atoms with E-state index in [1.54, 1.807) is 11.8 Å².